The molecule has 0 saturated heterocycles. The van der Waals surface area contributed by atoms with Crippen molar-refractivity contribution in [2.75, 3.05) is 6.61 Å². The van der Waals surface area contributed by atoms with Crippen LogP contribution in [-0.4, -0.2) is 18.6 Å². The summed E-state index contributed by atoms with van der Waals surface area (Å²) in [6, 6.07) is 4.46. The van der Waals surface area contributed by atoms with Crippen molar-refractivity contribution in [3.8, 4) is 5.75 Å². The van der Waals surface area contributed by atoms with Crippen molar-refractivity contribution in [1.29, 1.82) is 0 Å². The number of benzene rings is 1. The topological polar surface area (TPSA) is 38.3 Å². The summed E-state index contributed by atoms with van der Waals surface area (Å²) in [5.41, 5.74) is 0. The largest absolute Gasteiger partial charge is 0.484 e. The highest BCUT2D eigenvalue weighted by atomic mass is 79.9. The van der Waals surface area contributed by atoms with E-state index in [4.69, 9.17) is 4.74 Å². The maximum atomic E-state index is 13.0. The SMILES string of the molecule is CCC(CC)NC(=O)COc1ccc(F)c(Br)c1. The average Bonchev–Trinajstić information content (AvgIpc) is 2.37. The van der Waals surface area contributed by atoms with Gasteiger partial charge in [-0.1, -0.05) is 13.8 Å². The molecule has 0 bridgehead atoms. The summed E-state index contributed by atoms with van der Waals surface area (Å²) in [5, 5.41) is 2.86. The maximum Gasteiger partial charge on any atom is 0.258 e. The highest BCUT2D eigenvalue weighted by Crippen LogP contribution is 2.21. The Morgan fingerprint density at radius 2 is 2.11 bits per heavy atom. The summed E-state index contributed by atoms with van der Waals surface area (Å²) in [5.74, 6) is -0.0593. The van der Waals surface area contributed by atoms with Gasteiger partial charge in [0, 0.05) is 6.04 Å². The van der Waals surface area contributed by atoms with E-state index in [2.05, 4.69) is 21.2 Å². The second-order valence-corrected chi connectivity index (χ2v) is 4.80. The Morgan fingerprint density at radius 3 is 2.67 bits per heavy atom. The third-order valence-electron chi connectivity index (χ3n) is 2.61. The number of carbonyl (C=O) groups is 1. The predicted octanol–water partition coefficient (Wildman–Crippen LogP) is 3.27. The molecule has 0 atom stereocenters. The standard InChI is InChI=1S/C13H17BrFNO2/c1-3-9(4-2)16-13(17)8-18-10-5-6-12(15)11(14)7-10/h5-7,9H,3-4,8H2,1-2H3,(H,16,17). The van der Waals surface area contributed by atoms with E-state index in [1.807, 2.05) is 13.8 Å². The Labute approximate surface area is 115 Å². The van der Waals surface area contributed by atoms with Gasteiger partial charge >= 0.3 is 0 Å². The van der Waals surface area contributed by atoms with Gasteiger partial charge in [-0.3, -0.25) is 4.79 Å². The zero-order chi connectivity index (χ0) is 13.5. The van der Waals surface area contributed by atoms with Crippen molar-refractivity contribution in [2.45, 2.75) is 32.7 Å². The molecule has 100 valence electrons. The van der Waals surface area contributed by atoms with Crippen LogP contribution in [0, 0.1) is 5.82 Å². The minimum atomic E-state index is -0.358. The molecule has 0 aliphatic heterocycles. The van der Waals surface area contributed by atoms with Gasteiger partial charge in [0.05, 0.1) is 4.47 Å². The monoisotopic (exact) mass is 317 g/mol. The Balaban J connectivity index is 2.44. The Morgan fingerprint density at radius 1 is 1.44 bits per heavy atom. The number of hydrogen-bond acceptors (Lipinski definition) is 2. The minimum absolute atomic E-state index is 0.0609. The van der Waals surface area contributed by atoms with E-state index in [0.717, 1.165) is 12.8 Å². The zero-order valence-electron chi connectivity index (χ0n) is 10.5. The number of nitrogens with one attached hydrogen (secondary N) is 1. The number of hydrogen-bond donors (Lipinski definition) is 1. The van der Waals surface area contributed by atoms with Crippen molar-refractivity contribution in [1.82, 2.24) is 5.32 Å². The summed E-state index contributed by atoms with van der Waals surface area (Å²) in [4.78, 5) is 11.6. The molecule has 0 heterocycles. The summed E-state index contributed by atoms with van der Waals surface area (Å²) < 4.78 is 18.6. The second kappa shape index (κ2) is 7.36. The maximum absolute atomic E-state index is 13.0. The van der Waals surface area contributed by atoms with Gasteiger partial charge in [0.2, 0.25) is 0 Å². The summed E-state index contributed by atoms with van der Waals surface area (Å²) in [7, 11) is 0. The number of rotatable bonds is 6. The summed E-state index contributed by atoms with van der Waals surface area (Å²) >= 11 is 3.06. The van der Waals surface area contributed by atoms with Crippen LogP contribution in [0.3, 0.4) is 0 Å². The van der Waals surface area contributed by atoms with Crippen LogP contribution in [0.4, 0.5) is 4.39 Å². The fraction of sp³-hybridized carbons (Fsp3) is 0.462. The van der Waals surface area contributed by atoms with E-state index in [9.17, 15) is 9.18 Å². The van der Waals surface area contributed by atoms with Gasteiger partial charge in [-0.25, -0.2) is 4.39 Å². The Kier molecular flexibility index (Phi) is 6.12. The molecule has 1 N–H and O–H groups in total. The van der Waals surface area contributed by atoms with Crippen LogP contribution < -0.4 is 10.1 Å². The lowest BCUT2D eigenvalue weighted by Gasteiger charge is -2.15. The molecule has 0 spiro atoms. The summed E-state index contributed by atoms with van der Waals surface area (Å²) in [6.07, 6.45) is 1.79. The van der Waals surface area contributed by atoms with Gasteiger partial charge in [0.1, 0.15) is 11.6 Å². The quantitative estimate of drug-likeness (QED) is 0.874. The molecule has 1 rings (SSSR count). The first kappa shape index (κ1) is 15.0. The first-order valence-corrected chi connectivity index (χ1v) is 6.73. The molecule has 18 heavy (non-hydrogen) atoms. The number of halogens is 2. The van der Waals surface area contributed by atoms with E-state index >= 15 is 0 Å². The van der Waals surface area contributed by atoms with Crippen molar-refractivity contribution < 1.29 is 13.9 Å². The molecular weight excluding hydrogens is 301 g/mol. The molecule has 5 heteroatoms. The fourth-order valence-corrected chi connectivity index (χ4v) is 1.84. The molecule has 1 aromatic rings. The fourth-order valence-electron chi connectivity index (χ4n) is 1.48. The van der Waals surface area contributed by atoms with Gasteiger partial charge in [0.15, 0.2) is 6.61 Å². The van der Waals surface area contributed by atoms with Gasteiger partial charge in [-0.05, 0) is 47.0 Å². The lowest BCUT2D eigenvalue weighted by molar-refractivity contribution is -0.123. The zero-order valence-corrected chi connectivity index (χ0v) is 12.1. The minimum Gasteiger partial charge on any atom is -0.484 e. The molecule has 0 aliphatic carbocycles. The Hall–Kier alpha value is -1.10. The molecule has 0 unspecified atom stereocenters. The number of ether oxygens (including phenoxy) is 1. The molecule has 3 nitrogen and oxygen atoms in total. The lowest BCUT2D eigenvalue weighted by atomic mass is 10.2. The number of amides is 1. The van der Waals surface area contributed by atoms with Crippen LogP contribution in [0.1, 0.15) is 26.7 Å². The third-order valence-corrected chi connectivity index (χ3v) is 3.22. The summed E-state index contributed by atoms with van der Waals surface area (Å²) in [6.45, 7) is 3.98. The first-order valence-electron chi connectivity index (χ1n) is 5.94. The molecule has 0 fully saturated rings. The van der Waals surface area contributed by atoms with Crippen LogP contribution in [0.2, 0.25) is 0 Å². The van der Waals surface area contributed by atoms with Crippen LogP contribution in [0.5, 0.6) is 5.75 Å². The van der Waals surface area contributed by atoms with Gasteiger partial charge in [0.25, 0.3) is 5.91 Å². The normalized spacial score (nSPS) is 10.5. The third kappa shape index (κ3) is 4.64. The second-order valence-electron chi connectivity index (χ2n) is 3.95. The van der Waals surface area contributed by atoms with Gasteiger partial charge in [-0.15, -0.1) is 0 Å². The molecule has 1 amide bonds. The smallest absolute Gasteiger partial charge is 0.258 e. The van der Waals surface area contributed by atoms with Gasteiger partial charge < -0.3 is 10.1 Å². The van der Waals surface area contributed by atoms with Crippen LogP contribution >= 0.6 is 15.9 Å². The van der Waals surface area contributed by atoms with E-state index in [-0.39, 0.29) is 24.4 Å². The highest BCUT2D eigenvalue weighted by Gasteiger charge is 2.09. The van der Waals surface area contributed by atoms with Crippen molar-refractivity contribution >= 4 is 21.8 Å². The van der Waals surface area contributed by atoms with E-state index in [1.54, 1.807) is 0 Å². The van der Waals surface area contributed by atoms with Crippen molar-refractivity contribution in [3.63, 3.8) is 0 Å². The van der Waals surface area contributed by atoms with Crippen LogP contribution in [-0.2, 0) is 4.79 Å². The van der Waals surface area contributed by atoms with E-state index < -0.39 is 0 Å². The molecule has 0 aromatic heterocycles. The van der Waals surface area contributed by atoms with Crippen LogP contribution in [0.15, 0.2) is 22.7 Å². The van der Waals surface area contributed by atoms with E-state index in [1.165, 1.54) is 18.2 Å². The van der Waals surface area contributed by atoms with Crippen LogP contribution in [0.25, 0.3) is 0 Å². The van der Waals surface area contributed by atoms with Crippen molar-refractivity contribution in [3.05, 3.63) is 28.5 Å². The first-order chi connectivity index (χ1) is 8.56. The molecular formula is C13H17BrFNO2. The molecule has 0 aliphatic rings. The Bertz CT molecular complexity index is 408. The highest BCUT2D eigenvalue weighted by molar-refractivity contribution is 9.10. The lowest BCUT2D eigenvalue weighted by Crippen LogP contribution is -2.37. The predicted molar refractivity (Wildman–Crippen MR) is 72.1 cm³/mol. The number of carbonyl (C=O) groups excluding carboxylic acids is 1. The molecule has 1 aromatic carbocycles. The molecule has 0 radical (unpaired) electrons. The van der Waals surface area contributed by atoms with Gasteiger partial charge in [-0.2, -0.15) is 0 Å². The van der Waals surface area contributed by atoms with Crippen molar-refractivity contribution in [2.24, 2.45) is 0 Å². The van der Waals surface area contributed by atoms with E-state index in [0.29, 0.717) is 10.2 Å². The average molecular weight is 318 g/mol. The molecule has 0 saturated carbocycles.